The molecule has 0 spiro atoms. The highest BCUT2D eigenvalue weighted by atomic mass is 32.1. The number of hydrogen-bond acceptors (Lipinski definition) is 5. The van der Waals surface area contributed by atoms with Gasteiger partial charge in [0.2, 0.25) is 5.91 Å². The minimum absolute atomic E-state index is 0.0550. The molecule has 0 saturated heterocycles. The van der Waals surface area contributed by atoms with Crippen LogP contribution in [0.15, 0.2) is 24.3 Å². The first-order chi connectivity index (χ1) is 12.8. The molecule has 1 aromatic heterocycles. The first-order valence-electron chi connectivity index (χ1n) is 8.08. The number of esters is 1. The van der Waals surface area contributed by atoms with Gasteiger partial charge in [-0.1, -0.05) is 6.92 Å². The summed E-state index contributed by atoms with van der Waals surface area (Å²) in [6.07, 6.45) is 0.803. The highest BCUT2D eigenvalue weighted by Crippen LogP contribution is 2.22. The van der Waals surface area contributed by atoms with Crippen LogP contribution in [0.3, 0.4) is 0 Å². The van der Waals surface area contributed by atoms with E-state index in [0.717, 1.165) is 29.0 Å². The van der Waals surface area contributed by atoms with Crippen LogP contribution in [0.5, 0.6) is 0 Å². The average molecular weight is 396 g/mol. The van der Waals surface area contributed by atoms with E-state index >= 15 is 0 Å². The number of ether oxygens (including phenoxy) is 1. The van der Waals surface area contributed by atoms with Crippen LogP contribution in [0.1, 0.15) is 27.0 Å². The number of halogens is 2. The predicted molar refractivity (Wildman–Crippen MR) is 96.7 cm³/mol. The van der Waals surface area contributed by atoms with Crippen molar-refractivity contribution in [3.8, 4) is 0 Å². The van der Waals surface area contributed by atoms with Crippen LogP contribution >= 0.6 is 11.3 Å². The molecule has 27 heavy (non-hydrogen) atoms. The summed E-state index contributed by atoms with van der Waals surface area (Å²) in [6.45, 7) is 2.93. The van der Waals surface area contributed by atoms with E-state index in [1.165, 1.54) is 17.4 Å². The molecular formula is C18H18F2N2O4S. The van der Waals surface area contributed by atoms with Crippen molar-refractivity contribution in [3.05, 3.63) is 51.2 Å². The number of benzene rings is 1. The average Bonchev–Trinajstić information content (AvgIpc) is 3.02. The van der Waals surface area contributed by atoms with Gasteiger partial charge in [0.25, 0.3) is 5.91 Å². The van der Waals surface area contributed by atoms with E-state index in [1.54, 1.807) is 6.07 Å². The Bertz CT molecular complexity index is 867. The van der Waals surface area contributed by atoms with Gasteiger partial charge in [0.15, 0.2) is 18.2 Å². The van der Waals surface area contributed by atoms with E-state index in [0.29, 0.717) is 4.88 Å². The summed E-state index contributed by atoms with van der Waals surface area (Å²) in [5, 5.41) is 4.58. The minimum atomic E-state index is -1.10. The van der Waals surface area contributed by atoms with Crippen LogP contribution < -0.4 is 10.6 Å². The molecule has 6 nitrogen and oxygen atoms in total. The third-order valence-electron chi connectivity index (χ3n) is 3.53. The first kappa shape index (κ1) is 20.5. The van der Waals surface area contributed by atoms with Gasteiger partial charge in [0, 0.05) is 16.6 Å². The molecule has 0 bridgehead atoms. The Morgan fingerprint density at radius 1 is 1.11 bits per heavy atom. The highest BCUT2D eigenvalue weighted by molar-refractivity contribution is 7.14. The third kappa shape index (κ3) is 5.85. The molecule has 1 aromatic carbocycles. The van der Waals surface area contributed by atoms with Crippen molar-refractivity contribution in [1.29, 1.82) is 0 Å². The molecule has 2 N–H and O–H groups in total. The van der Waals surface area contributed by atoms with Gasteiger partial charge in [-0.2, -0.15) is 0 Å². The Morgan fingerprint density at radius 3 is 2.48 bits per heavy atom. The summed E-state index contributed by atoms with van der Waals surface area (Å²) in [5.74, 6) is -4.03. The van der Waals surface area contributed by atoms with Gasteiger partial charge in [-0.05, 0) is 37.1 Å². The Labute approximate surface area is 158 Å². The van der Waals surface area contributed by atoms with Crippen LogP contribution in [-0.2, 0) is 20.7 Å². The fraction of sp³-hybridized carbons (Fsp3) is 0.278. The maximum absolute atomic E-state index is 13.1. The molecule has 2 amide bonds. The van der Waals surface area contributed by atoms with E-state index in [-0.39, 0.29) is 5.69 Å². The molecule has 0 fully saturated rings. The summed E-state index contributed by atoms with van der Waals surface area (Å²) in [4.78, 5) is 36.8. The van der Waals surface area contributed by atoms with Crippen molar-refractivity contribution in [1.82, 2.24) is 5.32 Å². The second-order valence-corrected chi connectivity index (χ2v) is 6.74. The number of anilines is 1. The van der Waals surface area contributed by atoms with Gasteiger partial charge in [-0.25, -0.2) is 13.6 Å². The second kappa shape index (κ2) is 9.22. The molecule has 0 saturated carbocycles. The standard InChI is InChI=1S/C18H18F2N2O4S/c1-3-14-10(2)6-15(27-14)18(25)26-9-17(24)21-8-16(23)22-11-4-5-12(19)13(20)7-11/h4-7H,3,8-9H2,1-2H3,(H,21,24)(H,22,23). The molecule has 0 radical (unpaired) electrons. The van der Waals surface area contributed by atoms with Crippen LogP contribution in [0.2, 0.25) is 0 Å². The third-order valence-corrected chi connectivity index (χ3v) is 4.89. The Kier molecular flexibility index (Phi) is 7.00. The molecule has 0 aliphatic rings. The van der Waals surface area contributed by atoms with E-state index in [1.807, 2.05) is 13.8 Å². The topological polar surface area (TPSA) is 84.5 Å². The maximum Gasteiger partial charge on any atom is 0.348 e. The Balaban J connectivity index is 1.75. The number of amides is 2. The van der Waals surface area contributed by atoms with Crippen molar-refractivity contribution in [2.45, 2.75) is 20.3 Å². The molecular weight excluding hydrogens is 378 g/mol. The molecule has 144 valence electrons. The normalized spacial score (nSPS) is 10.4. The molecule has 2 rings (SSSR count). The van der Waals surface area contributed by atoms with Gasteiger partial charge in [-0.15, -0.1) is 11.3 Å². The molecule has 1 heterocycles. The number of rotatable bonds is 7. The van der Waals surface area contributed by atoms with Crippen LogP contribution in [-0.4, -0.2) is 30.9 Å². The van der Waals surface area contributed by atoms with Crippen molar-refractivity contribution in [2.24, 2.45) is 0 Å². The van der Waals surface area contributed by atoms with E-state index < -0.39 is 42.6 Å². The molecule has 2 aromatic rings. The van der Waals surface area contributed by atoms with Crippen LogP contribution in [0.4, 0.5) is 14.5 Å². The smallest absolute Gasteiger partial charge is 0.348 e. The molecule has 0 aliphatic heterocycles. The monoisotopic (exact) mass is 396 g/mol. The summed E-state index contributed by atoms with van der Waals surface area (Å²) >= 11 is 1.31. The van der Waals surface area contributed by atoms with Crippen molar-refractivity contribution >= 4 is 34.8 Å². The molecule has 9 heteroatoms. The lowest BCUT2D eigenvalue weighted by molar-refractivity contribution is -0.126. The quantitative estimate of drug-likeness (QED) is 0.705. The number of hydrogen-bond donors (Lipinski definition) is 2. The fourth-order valence-corrected chi connectivity index (χ4v) is 3.19. The van der Waals surface area contributed by atoms with Gasteiger partial charge in [0.05, 0.1) is 6.54 Å². The molecule has 0 unspecified atom stereocenters. The van der Waals surface area contributed by atoms with Gasteiger partial charge >= 0.3 is 5.97 Å². The summed E-state index contributed by atoms with van der Waals surface area (Å²) < 4.78 is 30.8. The number of thiophene rings is 1. The predicted octanol–water partition coefficient (Wildman–Crippen LogP) is 2.81. The first-order valence-corrected chi connectivity index (χ1v) is 8.89. The summed E-state index contributed by atoms with van der Waals surface area (Å²) in [5.41, 5.74) is 1.05. The van der Waals surface area contributed by atoms with Gasteiger partial charge < -0.3 is 15.4 Å². The number of nitrogens with one attached hydrogen (secondary N) is 2. The molecule has 0 atom stereocenters. The number of aryl methyl sites for hydroxylation is 2. The van der Waals surface area contributed by atoms with E-state index in [2.05, 4.69) is 10.6 Å². The van der Waals surface area contributed by atoms with E-state index in [4.69, 9.17) is 4.74 Å². The van der Waals surface area contributed by atoms with Crippen molar-refractivity contribution in [2.75, 3.05) is 18.5 Å². The van der Waals surface area contributed by atoms with Gasteiger partial charge in [0.1, 0.15) is 4.88 Å². The number of carbonyl (C=O) groups is 3. The lowest BCUT2D eigenvalue weighted by Gasteiger charge is -2.07. The Morgan fingerprint density at radius 2 is 1.85 bits per heavy atom. The summed E-state index contributed by atoms with van der Waals surface area (Å²) in [6, 6.07) is 4.59. The van der Waals surface area contributed by atoms with Gasteiger partial charge in [-0.3, -0.25) is 9.59 Å². The highest BCUT2D eigenvalue weighted by Gasteiger charge is 2.15. The Hall–Kier alpha value is -2.81. The minimum Gasteiger partial charge on any atom is -0.451 e. The van der Waals surface area contributed by atoms with Crippen LogP contribution in [0.25, 0.3) is 0 Å². The zero-order valence-corrected chi connectivity index (χ0v) is 15.5. The second-order valence-electron chi connectivity index (χ2n) is 5.60. The van der Waals surface area contributed by atoms with E-state index in [9.17, 15) is 23.2 Å². The zero-order chi connectivity index (χ0) is 20.0. The lowest BCUT2D eigenvalue weighted by Crippen LogP contribution is -2.35. The number of carbonyl (C=O) groups excluding carboxylic acids is 3. The van der Waals surface area contributed by atoms with Crippen LogP contribution in [0, 0.1) is 18.6 Å². The summed E-state index contributed by atoms with van der Waals surface area (Å²) in [7, 11) is 0. The fourth-order valence-electron chi connectivity index (χ4n) is 2.18. The SMILES string of the molecule is CCc1sc(C(=O)OCC(=O)NCC(=O)Nc2ccc(F)c(F)c2)cc1C. The molecule has 0 aliphatic carbocycles. The zero-order valence-electron chi connectivity index (χ0n) is 14.7. The van der Waals surface area contributed by atoms with Crippen molar-refractivity contribution in [3.63, 3.8) is 0 Å². The lowest BCUT2D eigenvalue weighted by atomic mass is 10.2. The van der Waals surface area contributed by atoms with Crippen molar-refractivity contribution < 1.29 is 27.9 Å². The largest absolute Gasteiger partial charge is 0.451 e. The maximum atomic E-state index is 13.1.